The number of amides is 2. The van der Waals surface area contributed by atoms with Gasteiger partial charge in [-0.3, -0.25) is 14.5 Å². The van der Waals surface area contributed by atoms with Gasteiger partial charge in [-0.05, 0) is 32.6 Å². The Morgan fingerprint density at radius 1 is 1.19 bits per heavy atom. The maximum Gasteiger partial charge on any atom is 0.229 e. The van der Waals surface area contributed by atoms with Gasteiger partial charge in [0.15, 0.2) is 0 Å². The van der Waals surface area contributed by atoms with Crippen molar-refractivity contribution in [3.8, 4) is 0 Å². The van der Waals surface area contributed by atoms with E-state index in [1.807, 2.05) is 6.92 Å². The van der Waals surface area contributed by atoms with Crippen molar-refractivity contribution in [1.82, 2.24) is 4.90 Å². The highest BCUT2D eigenvalue weighted by Crippen LogP contribution is 2.13. The average molecular weight is 226 g/mol. The van der Waals surface area contributed by atoms with Crippen LogP contribution < -0.4 is 5.73 Å². The van der Waals surface area contributed by atoms with Crippen molar-refractivity contribution in [3.05, 3.63) is 0 Å². The Bertz CT molecular complexity index is 233. The molecule has 16 heavy (non-hydrogen) atoms. The Labute approximate surface area is 97.2 Å². The fourth-order valence-corrected chi connectivity index (χ4v) is 1.95. The molecule has 4 heteroatoms. The zero-order valence-electron chi connectivity index (χ0n) is 10.1. The van der Waals surface area contributed by atoms with Crippen molar-refractivity contribution in [3.63, 3.8) is 0 Å². The van der Waals surface area contributed by atoms with Crippen LogP contribution in [0.1, 0.15) is 51.9 Å². The number of nitrogens with two attached hydrogens (primary N) is 1. The molecule has 2 amide bonds. The molecule has 0 aromatic heterocycles. The Kier molecular flexibility index (Phi) is 5.46. The van der Waals surface area contributed by atoms with Gasteiger partial charge in [0, 0.05) is 25.4 Å². The second-order valence-corrected chi connectivity index (χ2v) is 4.62. The molecule has 0 aliphatic carbocycles. The minimum atomic E-state index is 0.00305. The van der Waals surface area contributed by atoms with Crippen molar-refractivity contribution < 1.29 is 9.59 Å². The number of hydrogen-bond acceptors (Lipinski definition) is 3. The lowest BCUT2D eigenvalue weighted by molar-refractivity contribution is -0.143. The van der Waals surface area contributed by atoms with Gasteiger partial charge in [0.05, 0.1) is 0 Å². The van der Waals surface area contributed by atoms with Gasteiger partial charge >= 0.3 is 0 Å². The van der Waals surface area contributed by atoms with Crippen LogP contribution in [0, 0.1) is 0 Å². The molecule has 2 N–H and O–H groups in total. The smallest absolute Gasteiger partial charge is 0.229 e. The number of unbranched alkanes of at least 4 members (excludes halogenated alkanes) is 1. The number of rotatable bonds is 5. The van der Waals surface area contributed by atoms with Crippen LogP contribution in [0.5, 0.6) is 0 Å². The minimum absolute atomic E-state index is 0.00305. The lowest BCUT2D eigenvalue weighted by atomic mass is 10.1. The van der Waals surface area contributed by atoms with Crippen LogP contribution in [0.15, 0.2) is 0 Å². The quantitative estimate of drug-likeness (QED) is 0.570. The summed E-state index contributed by atoms with van der Waals surface area (Å²) in [7, 11) is 0. The first kappa shape index (κ1) is 13.2. The van der Waals surface area contributed by atoms with E-state index < -0.39 is 0 Å². The summed E-state index contributed by atoms with van der Waals surface area (Å²) in [5.41, 5.74) is 5.64. The van der Waals surface area contributed by atoms with Gasteiger partial charge < -0.3 is 5.73 Å². The molecule has 1 heterocycles. The number of hydrogen-bond donors (Lipinski definition) is 1. The Balaban J connectivity index is 2.32. The lowest BCUT2D eigenvalue weighted by Gasteiger charge is -2.18. The molecule has 1 fully saturated rings. The highest BCUT2D eigenvalue weighted by atomic mass is 16.2. The molecule has 4 nitrogen and oxygen atoms in total. The highest BCUT2D eigenvalue weighted by Gasteiger charge is 2.23. The van der Waals surface area contributed by atoms with Gasteiger partial charge in [-0.1, -0.05) is 6.42 Å². The molecule has 1 aliphatic heterocycles. The second-order valence-electron chi connectivity index (χ2n) is 4.62. The molecule has 0 radical (unpaired) electrons. The fourth-order valence-electron chi connectivity index (χ4n) is 1.95. The molecular weight excluding hydrogens is 204 g/mol. The van der Waals surface area contributed by atoms with Crippen LogP contribution >= 0.6 is 0 Å². The number of carbonyl (C=O) groups is 2. The molecule has 92 valence electrons. The molecule has 1 unspecified atom stereocenters. The molecule has 0 aromatic rings. The minimum Gasteiger partial charge on any atom is -0.328 e. The summed E-state index contributed by atoms with van der Waals surface area (Å²) >= 11 is 0. The standard InChI is InChI=1S/C12H22N2O2/c1-10(13)6-4-5-9-14-11(15)7-2-3-8-12(14)16/h10H,2-9,13H2,1H3. The third kappa shape index (κ3) is 4.31. The van der Waals surface area contributed by atoms with Crippen LogP contribution in [-0.4, -0.2) is 29.3 Å². The first-order chi connectivity index (χ1) is 7.61. The maximum absolute atomic E-state index is 11.6. The molecule has 0 bridgehead atoms. The third-order valence-electron chi connectivity index (χ3n) is 2.92. The van der Waals surface area contributed by atoms with Crippen molar-refractivity contribution in [2.45, 2.75) is 57.9 Å². The number of likely N-dealkylation sites (tertiary alicyclic amines) is 1. The van der Waals surface area contributed by atoms with Crippen LogP contribution in [0.4, 0.5) is 0 Å². The molecule has 0 aromatic carbocycles. The van der Waals surface area contributed by atoms with Gasteiger partial charge in [-0.15, -0.1) is 0 Å². The fraction of sp³-hybridized carbons (Fsp3) is 0.833. The van der Waals surface area contributed by atoms with Crippen LogP contribution in [0.3, 0.4) is 0 Å². The summed E-state index contributed by atoms with van der Waals surface area (Å²) in [4.78, 5) is 24.7. The summed E-state index contributed by atoms with van der Waals surface area (Å²) in [6, 6.07) is 0.204. The van der Waals surface area contributed by atoms with Gasteiger partial charge in [0.2, 0.25) is 11.8 Å². The summed E-state index contributed by atoms with van der Waals surface area (Å²) in [5, 5.41) is 0. The summed E-state index contributed by atoms with van der Waals surface area (Å²) in [5.74, 6) is 0.00611. The van der Waals surface area contributed by atoms with Crippen LogP contribution in [0.25, 0.3) is 0 Å². The average Bonchev–Trinajstić information content (AvgIpc) is 2.37. The lowest BCUT2D eigenvalue weighted by Crippen LogP contribution is -2.36. The van der Waals surface area contributed by atoms with Gasteiger partial charge in [-0.2, -0.15) is 0 Å². The Morgan fingerprint density at radius 3 is 2.25 bits per heavy atom. The van der Waals surface area contributed by atoms with Crippen molar-refractivity contribution >= 4 is 11.8 Å². The molecule has 1 saturated heterocycles. The van der Waals surface area contributed by atoms with E-state index in [4.69, 9.17) is 5.73 Å². The second kappa shape index (κ2) is 6.63. The van der Waals surface area contributed by atoms with Crippen LogP contribution in [-0.2, 0) is 9.59 Å². The largest absolute Gasteiger partial charge is 0.328 e. The molecule has 0 saturated carbocycles. The number of carbonyl (C=O) groups excluding carboxylic acids is 2. The molecule has 1 atom stereocenters. The maximum atomic E-state index is 11.6. The molecule has 1 rings (SSSR count). The van der Waals surface area contributed by atoms with Crippen molar-refractivity contribution in [2.75, 3.05) is 6.54 Å². The summed E-state index contributed by atoms with van der Waals surface area (Å²) < 4.78 is 0. The van der Waals surface area contributed by atoms with Crippen LogP contribution in [0.2, 0.25) is 0 Å². The monoisotopic (exact) mass is 226 g/mol. The predicted molar refractivity (Wildman–Crippen MR) is 62.7 cm³/mol. The van der Waals surface area contributed by atoms with E-state index in [1.165, 1.54) is 4.90 Å². The molecular formula is C12H22N2O2. The first-order valence-corrected chi connectivity index (χ1v) is 6.20. The van der Waals surface area contributed by atoms with Crippen molar-refractivity contribution in [2.24, 2.45) is 5.73 Å². The van der Waals surface area contributed by atoms with Gasteiger partial charge in [-0.25, -0.2) is 0 Å². The van der Waals surface area contributed by atoms with E-state index in [1.54, 1.807) is 0 Å². The van der Waals surface area contributed by atoms with E-state index in [0.29, 0.717) is 19.4 Å². The summed E-state index contributed by atoms with van der Waals surface area (Å²) in [6.07, 6.45) is 5.56. The van der Waals surface area contributed by atoms with Crippen molar-refractivity contribution in [1.29, 1.82) is 0 Å². The highest BCUT2D eigenvalue weighted by molar-refractivity contribution is 5.95. The van der Waals surface area contributed by atoms with E-state index in [2.05, 4.69) is 0 Å². The van der Waals surface area contributed by atoms with Gasteiger partial charge in [0.1, 0.15) is 0 Å². The zero-order valence-corrected chi connectivity index (χ0v) is 10.1. The summed E-state index contributed by atoms with van der Waals surface area (Å²) in [6.45, 7) is 2.55. The normalized spacial score (nSPS) is 19.8. The topological polar surface area (TPSA) is 63.4 Å². The zero-order chi connectivity index (χ0) is 12.0. The van der Waals surface area contributed by atoms with E-state index in [9.17, 15) is 9.59 Å². The van der Waals surface area contributed by atoms with E-state index in [0.717, 1.165) is 32.1 Å². The first-order valence-electron chi connectivity index (χ1n) is 6.20. The third-order valence-corrected chi connectivity index (χ3v) is 2.92. The van der Waals surface area contributed by atoms with E-state index >= 15 is 0 Å². The Hall–Kier alpha value is -0.900. The Morgan fingerprint density at radius 2 is 1.75 bits per heavy atom. The van der Waals surface area contributed by atoms with E-state index in [-0.39, 0.29) is 17.9 Å². The number of imide groups is 1. The predicted octanol–water partition coefficient (Wildman–Crippen LogP) is 1.43. The molecule has 1 aliphatic rings. The SMILES string of the molecule is CC(N)CCCCN1C(=O)CCCCC1=O. The van der Waals surface area contributed by atoms with Gasteiger partial charge in [0.25, 0.3) is 0 Å². The molecule has 0 spiro atoms. The number of nitrogens with zero attached hydrogens (tertiary/aromatic N) is 1.